The third-order valence-electron chi connectivity index (χ3n) is 4.49. The number of benzene rings is 2. The van der Waals surface area contributed by atoms with Crippen molar-refractivity contribution in [2.75, 3.05) is 23.0 Å². The van der Waals surface area contributed by atoms with Crippen LogP contribution in [-0.2, 0) is 4.79 Å². The molecule has 0 saturated heterocycles. The first-order chi connectivity index (χ1) is 12.6. The summed E-state index contributed by atoms with van der Waals surface area (Å²) in [4.78, 5) is 12.2. The van der Waals surface area contributed by atoms with Gasteiger partial charge in [0.25, 0.3) is 5.91 Å². The fourth-order valence-electron chi connectivity index (χ4n) is 3.13. The van der Waals surface area contributed by atoms with Gasteiger partial charge in [0.1, 0.15) is 5.75 Å². The van der Waals surface area contributed by atoms with E-state index in [1.54, 1.807) is 24.3 Å². The summed E-state index contributed by atoms with van der Waals surface area (Å²) in [6, 6.07) is 13.1. The first-order valence-electron chi connectivity index (χ1n) is 8.95. The van der Waals surface area contributed by atoms with E-state index in [-0.39, 0.29) is 12.5 Å². The molecule has 3 rings (SSSR count). The van der Waals surface area contributed by atoms with Gasteiger partial charge < -0.3 is 21.1 Å². The Balaban J connectivity index is 1.62. The molecule has 1 aliphatic rings. The van der Waals surface area contributed by atoms with Crippen LogP contribution in [0.4, 0.5) is 17.1 Å². The number of ether oxygens (including phenoxy) is 1. The molecule has 0 heterocycles. The Morgan fingerprint density at radius 3 is 2.58 bits per heavy atom. The Labute approximate surface area is 158 Å². The highest BCUT2D eigenvalue weighted by Crippen LogP contribution is 2.33. The number of para-hydroxylation sites is 1. The van der Waals surface area contributed by atoms with Crippen molar-refractivity contribution in [3.05, 3.63) is 47.5 Å². The molecule has 1 amide bonds. The smallest absolute Gasteiger partial charge is 0.262 e. The van der Waals surface area contributed by atoms with Crippen molar-refractivity contribution in [3.8, 4) is 5.75 Å². The van der Waals surface area contributed by atoms with E-state index in [4.69, 9.17) is 22.1 Å². The monoisotopic (exact) mass is 373 g/mol. The number of amides is 1. The second kappa shape index (κ2) is 8.81. The van der Waals surface area contributed by atoms with E-state index in [1.807, 2.05) is 18.2 Å². The third kappa shape index (κ3) is 5.05. The number of hydrogen-bond donors (Lipinski definition) is 3. The second-order valence-electron chi connectivity index (χ2n) is 6.55. The number of carbonyl (C=O) groups excluding carboxylic acids is 1. The van der Waals surface area contributed by atoms with Crippen molar-refractivity contribution in [2.24, 2.45) is 0 Å². The van der Waals surface area contributed by atoms with E-state index in [2.05, 4.69) is 10.6 Å². The van der Waals surface area contributed by atoms with E-state index in [9.17, 15) is 4.79 Å². The Hall–Kier alpha value is -2.40. The Bertz CT molecular complexity index is 746. The summed E-state index contributed by atoms with van der Waals surface area (Å²) in [6.07, 6.45) is 6.01. The lowest BCUT2D eigenvalue weighted by Crippen LogP contribution is -2.23. The minimum atomic E-state index is -0.274. The second-order valence-corrected chi connectivity index (χ2v) is 6.96. The zero-order valence-corrected chi connectivity index (χ0v) is 15.4. The molecule has 26 heavy (non-hydrogen) atoms. The predicted octanol–water partition coefficient (Wildman–Crippen LogP) is 4.68. The molecule has 0 atom stereocenters. The molecule has 4 N–H and O–H groups in total. The van der Waals surface area contributed by atoms with Crippen LogP contribution in [0.5, 0.6) is 5.75 Å². The number of nitrogens with one attached hydrogen (secondary N) is 2. The van der Waals surface area contributed by atoms with Crippen LogP contribution in [-0.4, -0.2) is 18.6 Å². The molecular formula is C20H24ClN3O2. The van der Waals surface area contributed by atoms with Crippen LogP contribution < -0.4 is 21.1 Å². The summed E-state index contributed by atoms with van der Waals surface area (Å²) in [6.45, 7) is -0.0872. The van der Waals surface area contributed by atoms with Crippen molar-refractivity contribution in [2.45, 2.75) is 38.1 Å². The fraction of sp³-hybridized carbons (Fsp3) is 0.350. The van der Waals surface area contributed by atoms with Crippen LogP contribution in [0.2, 0.25) is 5.02 Å². The SMILES string of the molecule is Nc1cc(Cl)c(NC(=O)COc2ccccc2)cc1NC1CCCCC1. The molecule has 1 aliphatic carbocycles. The lowest BCUT2D eigenvalue weighted by atomic mass is 9.95. The van der Waals surface area contributed by atoms with Gasteiger partial charge in [-0.15, -0.1) is 0 Å². The molecule has 0 unspecified atom stereocenters. The molecular weight excluding hydrogens is 350 g/mol. The van der Waals surface area contributed by atoms with Gasteiger partial charge in [0, 0.05) is 6.04 Å². The third-order valence-corrected chi connectivity index (χ3v) is 4.80. The van der Waals surface area contributed by atoms with Gasteiger partial charge in [0.05, 0.1) is 22.1 Å². The molecule has 0 spiro atoms. The average Bonchev–Trinajstić information content (AvgIpc) is 2.66. The highest BCUT2D eigenvalue weighted by Gasteiger charge is 2.16. The number of carbonyl (C=O) groups is 1. The molecule has 1 saturated carbocycles. The normalized spacial score (nSPS) is 14.7. The molecule has 0 radical (unpaired) electrons. The van der Waals surface area contributed by atoms with E-state index >= 15 is 0 Å². The molecule has 6 heteroatoms. The zero-order valence-electron chi connectivity index (χ0n) is 14.6. The summed E-state index contributed by atoms with van der Waals surface area (Å²) >= 11 is 6.24. The zero-order chi connectivity index (χ0) is 18.4. The van der Waals surface area contributed by atoms with Gasteiger partial charge in [0.2, 0.25) is 0 Å². The molecule has 0 aliphatic heterocycles. The molecule has 2 aromatic rings. The summed E-state index contributed by atoms with van der Waals surface area (Å²) in [5.41, 5.74) is 8.01. The van der Waals surface area contributed by atoms with Crippen molar-refractivity contribution < 1.29 is 9.53 Å². The molecule has 138 valence electrons. The minimum absolute atomic E-state index is 0.0872. The summed E-state index contributed by atoms with van der Waals surface area (Å²) in [5, 5.41) is 6.68. The van der Waals surface area contributed by atoms with Crippen LogP contribution in [0.1, 0.15) is 32.1 Å². The predicted molar refractivity (Wildman–Crippen MR) is 107 cm³/mol. The van der Waals surface area contributed by atoms with Crippen molar-refractivity contribution in [1.29, 1.82) is 0 Å². The van der Waals surface area contributed by atoms with E-state index in [0.29, 0.717) is 28.2 Å². The quantitative estimate of drug-likeness (QED) is 0.642. The summed E-state index contributed by atoms with van der Waals surface area (Å²) < 4.78 is 5.46. The highest BCUT2D eigenvalue weighted by molar-refractivity contribution is 6.34. The van der Waals surface area contributed by atoms with Crippen LogP contribution in [0.3, 0.4) is 0 Å². The van der Waals surface area contributed by atoms with Crippen molar-refractivity contribution >= 4 is 34.6 Å². The Morgan fingerprint density at radius 1 is 1.12 bits per heavy atom. The Kier molecular flexibility index (Phi) is 6.23. The number of hydrogen-bond acceptors (Lipinski definition) is 4. The topological polar surface area (TPSA) is 76.4 Å². The van der Waals surface area contributed by atoms with Gasteiger partial charge in [-0.1, -0.05) is 49.1 Å². The number of nitrogen functional groups attached to an aromatic ring is 1. The molecule has 2 aromatic carbocycles. The fourth-order valence-corrected chi connectivity index (χ4v) is 3.35. The van der Waals surface area contributed by atoms with Gasteiger partial charge in [-0.05, 0) is 37.1 Å². The van der Waals surface area contributed by atoms with Crippen LogP contribution in [0.25, 0.3) is 0 Å². The summed E-state index contributed by atoms with van der Waals surface area (Å²) in [7, 11) is 0. The number of nitrogens with two attached hydrogens (primary N) is 1. The summed E-state index contributed by atoms with van der Waals surface area (Å²) in [5.74, 6) is 0.370. The van der Waals surface area contributed by atoms with Crippen LogP contribution >= 0.6 is 11.6 Å². The maximum absolute atomic E-state index is 12.2. The van der Waals surface area contributed by atoms with Gasteiger partial charge in [-0.3, -0.25) is 4.79 Å². The molecule has 0 aromatic heterocycles. The highest BCUT2D eigenvalue weighted by atomic mass is 35.5. The van der Waals surface area contributed by atoms with E-state index in [1.165, 1.54) is 19.3 Å². The Morgan fingerprint density at radius 2 is 1.85 bits per heavy atom. The van der Waals surface area contributed by atoms with Gasteiger partial charge >= 0.3 is 0 Å². The lowest BCUT2D eigenvalue weighted by molar-refractivity contribution is -0.118. The number of anilines is 3. The van der Waals surface area contributed by atoms with Gasteiger partial charge in [-0.25, -0.2) is 0 Å². The van der Waals surface area contributed by atoms with Crippen LogP contribution in [0, 0.1) is 0 Å². The van der Waals surface area contributed by atoms with Crippen LogP contribution in [0.15, 0.2) is 42.5 Å². The molecule has 0 bridgehead atoms. The molecule has 5 nitrogen and oxygen atoms in total. The maximum Gasteiger partial charge on any atom is 0.262 e. The van der Waals surface area contributed by atoms with E-state index < -0.39 is 0 Å². The largest absolute Gasteiger partial charge is 0.484 e. The van der Waals surface area contributed by atoms with Crippen molar-refractivity contribution in [1.82, 2.24) is 0 Å². The first kappa shape index (κ1) is 18.4. The van der Waals surface area contributed by atoms with Gasteiger partial charge in [0.15, 0.2) is 6.61 Å². The molecule has 1 fully saturated rings. The van der Waals surface area contributed by atoms with Gasteiger partial charge in [-0.2, -0.15) is 0 Å². The number of halogens is 1. The minimum Gasteiger partial charge on any atom is -0.484 e. The standard InChI is InChI=1S/C20H24ClN3O2/c21-16-11-17(22)19(23-14-7-3-1-4-8-14)12-18(16)24-20(25)13-26-15-9-5-2-6-10-15/h2,5-6,9-12,14,23H,1,3-4,7-8,13,22H2,(H,24,25). The lowest BCUT2D eigenvalue weighted by Gasteiger charge is -2.25. The maximum atomic E-state index is 12.2. The van der Waals surface area contributed by atoms with E-state index in [0.717, 1.165) is 18.5 Å². The average molecular weight is 374 g/mol. The van der Waals surface area contributed by atoms with Crippen molar-refractivity contribution in [3.63, 3.8) is 0 Å². The first-order valence-corrected chi connectivity index (χ1v) is 9.33. The number of rotatable bonds is 6.